The zero-order chi connectivity index (χ0) is 13.1. The summed E-state index contributed by atoms with van der Waals surface area (Å²) in [5.41, 5.74) is 1.25. The lowest BCUT2D eigenvalue weighted by Crippen LogP contribution is -2.11. The molecule has 6 heteroatoms. The summed E-state index contributed by atoms with van der Waals surface area (Å²) in [5, 5.41) is 9.25. The van der Waals surface area contributed by atoms with Crippen molar-refractivity contribution in [3.8, 4) is 0 Å². The summed E-state index contributed by atoms with van der Waals surface area (Å²) in [4.78, 5) is 18.0. The van der Waals surface area contributed by atoms with Crippen LogP contribution < -0.4 is 5.32 Å². The van der Waals surface area contributed by atoms with Gasteiger partial charge in [-0.05, 0) is 31.9 Å². The summed E-state index contributed by atoms with van der Waals surface area (Å²) in [6, 6.07) is 1.96. The smallest absolute Gasteiger partial charge is 0.268 e. The molecule has 2 heterocycles. The second kappa shape index (κ2) is 5.30. The lowest BCUT2D eigenvalue weighted by molar-refractivity contribution is 0.102. The largest absolute Gasteiger partial charge is 0.288 e. The molecule has 0 unspecified atom stereocenters. The molecule has 0 atom stereocenters. The van der Waals surface area contributed by atoms with Gasteiger partial charge in [0.15, 0.2) is 0 Å². The maximum absolute atomic E-state index is 12.0. The molecule has 0 aliphatic rings. The Morgan fingerprint density at radius 1 is 1.50 bits per heavy atom. The molecular weight excluding hydrogens is 248 g/mol. The highest BCUT2D eigenvalue weighted by atomic mass is 32.1. The second-order valence-electron chi connectivity index (χ2n) is 4.14. The Labute approximate surface area is 110 Å². The minimum Gasteiger partial charge on any atom is -0.288 e. The van der Waals surface area contributed by atoms with Gasteiger partial charge in [0.25, 0.3) is 5.91 Å². The molecule has 0 saturated heterocycles. The fourth-order valence-electron chi connectivity index (χ4n) is 1.71. The Kier molecular flexibility index (Phi) is 3.76. The third-order valence-electron chi connectivity index (χ3n) is 2.59. The summed E-state index contributed by atoms with van der Waals surface area (Å²) in [6.45, 7) is 5.97. The van der Waals surface area contributed by atoms with Crippen molar-refractivity contribution in [2.24, 2.45) is 0 Å². The van der Waals surface area contributed by atoms with Gasteiger partial charge in [-0.2, -0.15) is 4.98 Å². The van der Waals surface area contributed by atoms with E-state index < -0.39 is 0 Å². The number of hydrogen-bond acceptors (Lipinski definition) is 4. The number of thiophene rings is 1. The number of rotatable bonds is 4. The van der Waals surface area contributed by atoms with E-state index in [2.05, 4.69) is 27.4 Å². The number of aryl methyl sites for hydroxylation is 3. The lowest BCUT2D eigenvalue weighted by atomic mass is 10.1. The van der Waals surface area contributed by atoms with Crippen LogP contribution in [0, 0.1) is 13.8 Å². The van der Waals surface area contributed by atoms with Gasteiger partial charge in [0.05, 0.1) is 4.88 Å². The lowest BCUT2D eigenvalue weighted by Gasteiger charge is -1.96. The van der Waals surface area contributed by atoms with E-state index in [0.717, 1.165) is 12.8 Å². The average Bonchev–Trinajstić information content (AvgIpc) is 2.87. The molecule has 2 N–H and O–H groups in total. The van der Waals surface area contributed by atoms with E-state index in [0.29, 0.717) is 16.6 Å². The molecule has 2 aromatic heterocycles. The van der Waals surface area contributed by atoms with Crippen molar-refractivity contribution in [3.05, 3.63) is 27.2 Å². The first kappa shape index (κ1) is 12.8. The molecular formula is C12H16N4OS. The highest BCUT2D eigenvalue weighted by molar-refractivity contribution is 7.14. The number of nitrogens with zero attached hydrogens (tertiary/aromatic N) is 2. The van der Waals surface area contributed by atoms with Crippen LogP contribution in [0.2, 0.25) is 0 Å². The van der Waals surface area contributed by atoms with Crippen LogP contribution in [0.5, 0.6) is 0 Å². The fraction of sp³-hybridized carbons (Fsp3) is 0.417. The molecule has 96 valence electrons. The monoisotopic (exact) mass is 264 g/mol. The number of aromatic nitrogens is 3. The van der Waals surface area contributed by atoms with E-state index in [1.54, 1.807) is 6.92 Å². The number of hydrogen-bond donors (Lipinski definition) is 2. The van der Waals surface area contributed by atoms with Gasteiger partial charge >= 0.3 is 0 Å². The molecule has 0 fully saturated rings. The topological polar surface area (TPSA) is 70.7 Å². The van der Waals surface area contributed by atoms with E-state index >= 15 is 0 Å². The molecule has 2 rings (SSSR count). The van der Waals surface area contributed by atoms with Crippen LogP contribution in [0.3, 0.4) is 0 Å². The molecule has 1 amide bonds. The number of nitrogens with one attached hydrogen (secondary N) is 2. The number of amides is 1. The highest BCUT2D eigenvalue weighted by Gasteiger charge is 2.13. The Balaban J connectivity index is 2.11. The van der Waals surface area contributed by atoms with E-state index in [1.165, 1.54) is 21.8 Å². The Bertz CT molecular complexity index is 558. The molecule has 5 nitrogen and oxygen atoms in total. The molecule has 0 radical (unpaired) electrons. The maximum atomic E-state index is 12.0. The van der Waals surface area contributed by atoms with Gasteiger partial charge in [-0.25, -0.2) is 0 Å². The SMILES string of the molecule is CCCc1cc(C(=O)Nc2n[nH]c(C)n2)sc1C. The van der Waals surface area contributed by atoms with E-state index in [9.17, 15) is 4.79 Å². The number of anilines is 1. The van der Waals surface area contributed by atoms with Crippen molar-refractivity contribution >= 4 is 23.2 Å². The van der Waals surface area contributed by atoms with E-state index in [-0.39, 0.29) is 5.91 Å². The number of carbonyl (C=O) groups is 1. The summed E-state index contributed by atoms with van der Waals surface area (Å²) < 4.78 is 0. The van der Waals surface area contributed by atoms with E-state index in [1.807, 2.05) is 13.0 Å². The Morgan fingerprint density at radius 3 is 2.89 bits per heavy atom. The summed E-state index contributed by atoms with van der Waals surface area (Å²) in [5.74, 6) is 0.851. The van der Waals surface area contributed by atoms with Gasteiger partial charge in [0.1, 0.15) is 5.82 Å². The van der Waals surface area contributed by atoms with Crippen LogP contribution in [0.15, 0.2) is 6.07 Å². The van der Waals surface area contributed by atoms with Gasteiger partial charge in [-0.15, -0.1) is 16.4 Å². The minimum absolute atomic E-state index is 0.149. The number of H-pyrrole nitrogens is 1. The molecule has 0 bridgehead atoms. The van der Waals surface area contributed by atoms with Crippen molar-refractivity contribution in [2.75, 3.05) is 5.32 Å². The third kappa shape index (κ3) is 2.76. The van der Waals surface area contributed by atoms with Crippen molar-refractivity contribution in [1.82, 2.24) is 15.2 Å². The highest BCUT2D eigenvalue weighted by Crippen LogP contribution is 2.23. The molecule has 0 saturated carbocycles. The first-order valence-electron chi connectivity index (χ1n) is 5.89. The third-order valence-corrected chi connectivity index (χ3v) is 3.68. The predicted molar refractivity (Wildman–Crippen MR) is 72.1 cm³/mol. The van der Waals surface area contributed by atoms with Gasteiger partial charge in [-0.1, -0.05) is 13.3 Å². The van der Waals surface area contributed by atoms with Crippen molar-refractivity contribution < 1.29 is 4.79 Å². The van der Waals surface area contributed by atoms with Crippen LogP contribution in [0.4, 0.5) is 5.95 Å². The van der Waals surface area contributed by atoms with Crippen molar-refractivity contribution in [2.45, 2.75) is 33.6 Å². The van der Waals surface area contributed by atoms with Gasteiger partial charge in [-0.3, -0.25) is 15.2 Å². The van der Waals surface area contributed by atoms with Gasteiger partial charge in [0.2, 0.25) is 5.95 Å². The first-order valence-corrected chi connectivity index (χ1v) is 6.71. The maximum Gasteiger partial charge on any atom is 0.268 e. The van der Waals surface area contributed by atoms with Crippen molar-refractivity contribution in [1.29, 1.82) is 0 Å². The Hall–Kier alpha value is -1.69. The van der Waals surface area contributed by atoms with Crippen LogP contribution >= 0.6 is 11.3 Å². The van der Waals surface area contributed by atoms with Crippen LogP contribution in [0.1, 0.15) is 39.3 Å². The zero-order valence-corrected chi connectivity index (χ0v) is 11.5. The van der Waals surface area contributed by atoms with Gasteiger partial charge in [0, 0.05) is 4.88 Å². The van der Waals surface area contributed by atoms with Crippen LogP contribution in [-0.4, -0.2) is 21.1 Å². The quantitative estimate of drug-likeness (QED) is 0.892. The van der Waals surface area contributed by atoms with Gasteiger partial charge < -0.3 is 0 Å². The van der Waals surface area contributed by atoms with Crippen LogP contribution in [-0.2, 0) is 6.42 Å². The summed E-state index contributed by atoms with van der Waals surface area (Å²) in [7, 11) is 0. The number of carbonyl (C=O) groups excluding carboxylic acids is 1. The summed E-state index contributed by atoms with van der Waals surface area (Å²) in [6.07, 6.45) is 2.09. The first-order chi connectivity index (χ1) is 8.60. The summed E-state index contributed by atoms with van der Waals surface area (Å²) >= 11 is 1.51. The molecule has 2 aromatic rings. The minimum atomic E-state index is -0.149. The standard InChI is InChI=1S/C12H16N4OS/c1-4-5-9-6-10(18-7(9)2)11(17)14-12-13-8(3)15-16-12/h6H,4-5H2,1-3H3,(H2,13,14,15,16,17). The van der Waals surface area contributed by atoms with E-state index in [4.69, 9.17) is 0 Å². The number of aromatic amines is 1. The average molecular weight is 264 g/mol. The second-order valence-corrected chi connectivity index (χ2v) is 5.40. The molecule has 0 aliphatic carbocycles. The molecule has 0 spiro atoms. The fourth-order valence-corrected chi connectivity index (χ4v) is 2.68. The molecule has 18 heavy (non-hydrogen) atoms. The Morgan fingerprint density at radius 2 is 2.28 bits per heavy atom. The normalized spacial score (nSPS) is 10.6. The van der Waals surface area contributed by atoms with Crippen molar-refractivity contribution in [3.63, 3.8) is 0 Å². The molecule has 0 aliphatic heterocycles. The molecule has 0 aromatic carbocycles. The predicted octanol–water partition coefficient (Wildman–Crippen LogP) is 2.69. The van der Waals surface area contributed by atoms with Crippen LogP contribution in [0.25, 0.3) is 0 Å². The zero-order valence-electron chi connectivity index (χ0n) is 10.7.